The van der Waals surface area contributed by atoms with E-state index in [1.54, 1.807) is 13.0 Å². The molecule has 0 bridgehead atoms. The summed E-state index contributed by atoms with van der Waals surface area (Å²) in [5.74, 6) is -3.36. The Balaban J connectivity index is 1.38. The van der Waals surface area contributed by atoms with Crippen LogP contribution >= 0.6 is 11.3 Å². The molecular weight excluding hydrogens is 580 g/mol. The van der Waals surface area contributed by atoms with E-state index in [1.807, 2.05) is 0 Å². The number of nitrogens with zero attached hydrogens (tertiary/aromatic N) is 2. The predicted molar refractivity (Wildman–Crippen MR) is 145 cm³/mol. The number of carbonyl (C=O) groups excluding carboxylic acids is 2. The van der Waals surface area contributed by atoms with Gasteiger partial charge in [-0.15, -0.1) is 0 Å². The maximum atomic E-state index is 14.4. The number of nitrogens with one attached hydrogen (secondary N) is 1. The van der Waals surface area contributed by atoms with Crippen LogP contribution in [0.5, 0.6) is 11.6 Å². The van der Waals surface area contributed by atoms with E-state index >= 15 is 0 Å². The van der Waals surface area contributed by atoms with Gasteiger partial charge in [-0.05, 0) is 50.1 Å². The molecule has 1 unspecified atom stereocenters. The van der Waals surface area contributed by atoms with Crippen LogP contribution in [0, 0.1) is 11.6 Å². The van der Waals surface area contributed by atoms with Gasteiger partial charge in [0.25, 0.3) is 5.91 Å². The van der Waals surface area contributed by atoms with Crippen molar-refractivity contribution in [1.29, 1.82) is 0 Å². The fourth-order valence-electron chi connectivity index (χ4n) is 3.81. The van der Waals surface area contributed by atoms with Crippen LogP contribution < -0.4 is 14.8 Å². The second-order valence-corrected chi connectivity index (χ2v) is 12.2. The maximum absolute atomic E-state index is 14.4. The second-order valence-electron chi connectivity index (χ2n) is 8.96. The molecule has 2 aromatic carbocycles. The minimum absolute atomic E-state index is 0.106. The number of hydrogen-bond donors (Lipinski definition) is 1. The van der Waals surface area contributed by atoms with E-state index in [4.69, 9.17) is 14.2 Å². The number of carbonyl (C=O) groups is 2. The first-order valence-corrected chi connectivity index (χ1v) is 14.8. The zero-order chi connectivity index (χ0) is 29.1. The molecule has 1 aliphatic rings. The zero-order valence-corrected chi connectivity index (χ0v) is 23.1. The van der Waals surface area contributed by atoms with Crippen molar-refractivity contribution >= 4 is 48.5 Å². The third kappa shape index (κ3) is 6.60. The molecule has 41 heavy (non-hydrogen) atoms. The Morgan fingerprint density at radius 3 is 2.51 bits per heavy atom. The third-order valence-corrected chi connectivity index (χ3v) is 9.11. The molecule has 1 fully saturated rings. The summed E-state index contributed by atoms with van der Waals surface area (Å²) in [5.41, 5.74) is 0.667. The molecule has 4 aromatic rings. The number of ether oxygens (including phenoxy) is 3. The summed E-state index contributed by atoms with van der Waals surface area (Å²) in [6.07, 6.45) is -0.257. The van der Waals surface area contributed by atoms with Crippen LogP contribution in [0.1, 0.15) is 31.4 Å². The Morgan fingerprint density at radius 1 is 1.07 bits per heavy atom. The van der Waals surface area contributed by atoms with Gasteiger partial charge in [-0.2, -0.15) is 0 Å². The molecule has 5 rings (SSSR count). The Bertz CT molecular complexity index is 1710. The Hall–Kier alpha value is -4.17. The second kappa shape index (κ2) is 11.7. The summed E-state index contributed by atoms with van der Waals surface area (Å²) >= 11 is 1.02. The van der Waals surface area contributed by atoms with Gasteiger partial charge in [0.1, 0.15) is 16.2 Å². The topological polar surface area (TPSA) is 134 Å². The van der Waals surface area contributed by atoms with Crippen LogP contribution in [0.25, 0.3) is 10.3 Å². The number of benzene rings is 2. The predicted octanol–water partition coefficient (Wildman–Crippen LogP) is 4.61. The van der Waals surface area contributed by atoms with Gasteiger partial charge in [0, 0.05) is 17.7 Å². The summed E-state index contributed by atoms with van der Waals surface area (Å²) < 4.78 is 68.9. The summed E-state index contributed by atoms with van der Waals surface area (Å²) in [6.45, 7) is 1.57. The van der Waals surface area contributed by atoms with E-state index in [9.17, 15) is 26.8 Å². The van der Waals surface area contributed by atoms with E-state index in [2.05, 4.69) is 15.3 Å². The van der Waals surface area contributed by atoms with Gasteiger partial charge in [-0.1, -0.05) is 23.5 Å². The van der Waals surface area contributed by atoms with Gasteiger partial charge in [-0.25, -0.2) is 32.0 Å². The summed E-state index contributed by atoms with van der Waals surface area (Å²) in [5, 5.41) is 2.34. The molecule has 2 aromatic heterocycles. The fourth-order valence-corrected chi connectivity index (χ4v) is 6.30. The average molecular weight is 604 g/mol. The molecule has 1 saturated carbocycles. The number of rotatable bonds is 11. The first kappa shape index (κ1) is 28.4. The molecule has 10 nitrogen and oxygen atoms in total. The minimum atomic E-state index is -3.47. The molecule has 1 amide bonds. The Labute approximate surface area is 237 Å². The molecule has 0 radical (unpaired) electrons. The molecule has 0 aliphatic heterocycles. The molecule has 1 N–H and O–H groups in total. The monoisotopic (exact) mass is 603 g/mol. The van der Waals surface area contributed by atoms with Crippen LogP contribution in [-0.4, -0.2) is 48.7 Å². The molecular formula is C27H23F2N3O7S2. The number of thiazole rings is 1. The van der Waals surface area contributed by atoms with Gasteiger partial charge in [0.15, 0.2) is 33.1 Å². The minimum Gasteiger partial charge on any atom is -0.473 e. The Morgan fingerprint density at radius 2 is 1.83 bits per heavy atom. The highest BCUT2D eigenvalue weighted by molar-refractivity contribution is 7.92. The lowest BCUT2D eigenvalue weighted by molar-refractivity contribution is -0.145. The van der Waals surface area contributed by atoms with E-state index < -0.39 is 44.7 Å². The molecule has 1 aliphatic carbocycles. The molecule has 0 saturated heterocycles. The van der Waals surface area contributed by atoms with Gasteiger partial charge in [0.2, 0.25) is 12.0 Å². The van der Waals surface area contributed by atoms with Crippen molar-refractivity contribution in [2.75, 3.05) is 18.5 Å². The summed E-state index contributed by atoms with van der Waals surface area (Å²) in [4.78, 5) is 34.0. The van der Waals surface area contributed by atoms with E-state index in [-0.39, 0.29) is 40.4 Å². The van der Waals surface area contributed by atoms with Crippen molar-refractivity contribution in [3.8, 4) is 11.6 Å². The highest BCUT2D eigenvalue weighted by atomic mass is 32.2. The van der Waals surface area contributed by atoms with Crippen molar-refractivity contribution in [3.63, 3.8) is 0 Å². The number of anilines is 1. The van der Waals surface area contributed by atoms with Gasteiger partial charge < -0.3 is 14.2 Å². The highest BCUT2D eigenvalue weighted by Gasteiger charge is 2.37. The van der Waals surface area contributed by atoms with Crippen LogP contribution in [0.2, 0.25) is 0 Å². The fraction of sp³-hybridized carbons (Fsp3) is 0.259. The molecule has 2 heterocycles. The van der Waals surface area contributed by atoms with Crippen LogP contribution in [0.4, 0.5) is 13.9 Å². The highest BCUT2D eigenvalue weighted by Crippen LogP contribution is 2.35. The lowest BCUT2D eigenvalue weighted by atomic mass is 10.1. The van der Waals surface area contributed by atoms with E-state index in [1.165, 1.54) is 30.3 Å². The summed E-state index contributed by atoms with van der Waals surface area (Å²) in [6, 6.07) is 11.3. The van der Waals surface area contributed by atoms with Crippen LogP contribution in [-0.2, 0) is 24.2 Å². The molecule has 14 heteroatoms. The first-order valence-electron chi connectivity index (χ1n) is 12.5. The third-order valence-electron chi connectivity index (χ3n) is 5.95. The van der Waals surface area contributed by atoms with Crippen LogP contribution in [0.15, 0.2) is 59.5 Å². The Kier molecular flexibility index (Phi) is 8.13. The van der Waals surface area contributed by atoms with Gasteiger partial charge >= 0.3 is 5.97 Å². The van der Waals surface area contributed by atoms with Gasteiger partial charge in [0.05, 0.1) is 16.8 Å². The number of pyridine rings is 1. The smallest absolute Gasteiger partial charge is 0.344 e. The van der Waals surface area contributed by atoms with Crippen molar-refractivity contribution in [2.24, 2.45) is 0 Å². The number of sulfone groups is 1. The van der Waals surface area contributed by atoms with E-state index in [0.717, 1.165) is 23.5 Å². The van der Waals surface area contributed by atoms with Crippen molar-refractivity contribution < 1.29 is 41.0 Å². The lowest BCUT2D eigenvalue weighted by Crippen LogP contribution is -2.26. The largest absolute Gasteiger partial charge is 0.473 e. The van der Waals surface area contributed by atoms with Crippen LogP contribution in [0.3, 0.4) is 0 Å². The lowest BCUT2D eigenvalue weighted by Gasteiger charge is -2.19. The first-order chi connectivity index (χ1) is 19.6. The normalized spacial score (nSPS) is 13.9. The van der Waals surface area contributed by atoms with Crippen molar-refractivity contribution in [1.82, 2.24) is 9.97 Å². The maximum Gasteiger partial charge on any atom is 0.344 e. The van der Waals surface area contributed by atoms with Gasteiger partial charge in [-0.3, -0.25) is 10.1 Å². The summed E-state index contributed by atoms with van der Waals surface area (Å²) in [7, 11) is -3.47. The van der Waals surface area contributed by atoms with Crippen molar-refractivity contribution in [2.45, 2.75) is 36.0 Å². The number of esters is 1. The quantitative estimate of drug-likeness (QED) is 0.244. The molecule has 0 spiro atoms. The number of halogens is 2. The number of hydrogen-bond acceptors (Lipinski definition) is 10. The van der Waals surface area contributed by atoms with Crippen molar-refractivity contribution in [3.05, 3.63) is 71.8 Å². The SMILES string of the molecule is CCOC(=O)COc1ccc2nc(NC(=O)C(Oc3ccc(F)cc3F)c3ccc(S(=O)(=O)C4CC4)cc3)sc2n1. The number of amides is 1. The molecule has 1 atom stereocenters. The average Bonchev–Trinajstić information content (AvgIpc) is 3.73. The standard InChI is InChI=1S/C27H23F2N3O7S2/c1-2-37-23(33)14-38-22-12-10-20-26(31-22)40-27(30-20)32-25(34)24(39-21-11-5-16(28)13-19(21)29)15-3-6-17(7-4-15)41(35,36)18-8-9-18/h3-7,10-13,18,24H,2,8-9,14H2,1H3,(H,30,32,34). The number of fused-ring (bicyclic) bond motifs is 1. The number of aromatic nitrogens is 2. The molecule has 214 valence electrons. The van der Waals surface area contributed by atoms with E-state index in [0.29, 0.717) is 29.3 Å². The zero-order valence-electron chi connectivity index (χ0n) is 21.5.